The zero-order valence-electron chi connectivity index (χ0n) is 8.52. The number of rotatable bonds is 2. The van der Waals surface area contributed by atoms with Gasteiger partial charge in [-0.3, -0.25) is 4.79 Å². The van der Waals surface area contributed by atoms with Gasteiger partial charge in [0.1, 0.15) is 5.25 Å². The molecule has 14 heavy (non-hydrogen) atoms. The Kier molecular flexibility index (Phi) is 2.62. The lowest BCUT2D eigenvalue weighted by Crippen LogP contribution is -2.63. The van der Waals surface area contributed by atoms with E-state index >= 15 is 0 Å². The van der Waals surface area contributed by atoms with E-state index in [0.29, 0.717) is 0 Å². The zero-order valence-corrected chi connectivity index (χ0v) is 9.34. The molecule has 0 bridgehead atoms. The van der Waals surface area contributed by atoms with Crippen molar-refractivity contribution >= 4 is 15.7 Å². The van der Waals surface area contributed by atoms with Crippen LogP contribution in [0.3, 0.4) is 0 Å². The SMILES string of the molecule is CC(C(=O)N1CC(C)(O)C1)S(C)(=O)=O. The van der Waals surface area contributed by atoms with E-state index in [0.717, 1.165) is 6.26 Å². The van der Waals surface area contributed by atoms with Crippen molar-refractivity contribution in [3.63, 3.8) is 0 Å². The highest BCUT2D eigenvalue weighted by Gasteiger charge is 2.42. The Hall–Kier alpha value is -0.620. The summed E-state index contributed by atoms with van der Waals surface area (Å²) in [6, 6.07) is 0. The number of β-amino-alcohol motifs (C(OH)–C–C–N with tert-alkyl or cyclic N) is 1. The van der Waals surface area contributed by atoms with Crippen molar-refractivity contribution < 1.29 is 18.3 Å². The summed E-state index contributed by atoms with van der Waals surface area (Å²) in [4.78, 5) is 12.8. The largest absolute Gasteiger partial charge is 0.386 e. The van der Waals surface area contributed by atoms with E-state index in [4.69, 9.17) is 0 Å². The van der Waals surface area contributed by atoms with Crippen molar-refractivity contribution in [2.75, 3.05) is 19.3 Å². The molecule has 1 saturated heterocycles. The Morgan fingerprint density at radius 3 is 2.21 bits per heavy atom. The summed E-state index contributed by atoms with van der Waals surface area (Å²) in [7, 11) is -3.33. The maximum absolute atomic E-state index is 11.5. The fourth-order valence-electron chi connectivity index (χ4n) is 1.37. The normalized spacial score (nSPS) is 22.7. The standard InChI is InChI=1S/C8H15NO4S/c1-6(14(3,12)13)7(10)9-4-8(2,11)5-9/h6,11H,4-5H2,1-3H3. The van der Waals surface area contributed by atoms with Gasteiger partial charge in [0.15, 0.2) is 9.84 Å². The monoisotopic (exact) mass is 221 g/mol. The number of aliphatic hydroxyl groups is 1. The van der Waals surface area contributed by atoms with E-state index in [1.165, 1.54) is 11.8 Å². The van der Waals surface area contributed by atoms with Gasteiger partial charge in [-0.15, -0.1) is 0 Å². The number of sulfone groups is 1. The third-order valence-electron chi connectivity index (χ3n) is 2.36. The first-order chi connectivity index (χ1) is 6.13. The van der Waals surface area contributed by atoms with Gasteiger partial charge in [-0.2, -0.15) is 0 Å². The van der Waals surface area contributed by atoms with E-state index in [9.17, 15) is 18.3 Å². The Labute approximate surface area is 83.6 Å². The highest BCUT2D eigenvalue weighted by Crippen LogP contribution is 2.21. The van der Waals surface area contributed by atoms with E-state index < -0.39 is 26.6 Å². The smallest absolute Gasteiger partial charge is 0.240 e. The number of nitrogens with zero attached hydrogens (tertiary/aromatic N) is 1. The molecule has 82 valence electrons. The van der Waals surface area contributed by atoms with Crippen molar-refractivity contribution in [3.05, 3.63) is 0 Å². The second kappa shape index (κ2) is 3.20. The first-order valence-corrected chi connectivity index (χ1v) is 6.29. The fraction of sp³-hybridized carbons (Fsp3) is 0.875. The maximum Gasteiger partial charge on any atom is 0.240 e. The number of amides is 1. The minimum absolute atomic E-state index is 0.214. The minimum atomic E-state index is -3.33. The number of carbonyl (C=O) groups is 1. The highest BCUT2D eigenvalue weighted by atomic mass is 32.2. The predicted molar refractivity (Wildman–Crippen MR) is 51.5 cm³/mol. The molecule has 1 amide bonds. The van der Waals surface area contributed by atoms with Crippen LogP contribution < -0.4 is 0 Å². The second-order valence-electron chi connectivity index (χ2n) is 4.16. The third-order valence-corrected chi connectivity index (χ3v) is 3.85. The zero-order chi connectivity index (χ0) is 11.1. The summed E-state index contributed by atoms with van der Waals surface area (Å²) in [6.07, 6.45) is 1.04. The van der Waals surface area contributed by atoms with Gasteiger partial charge < -0.3 is 10.0 Å². The van der Waals surface area contributed by atoms with Crippen molar-refractivity contribution in [2.45, 2.75) is 24.7 Å². The second-order valence-corrected chi connectivity index (χ2v) is 6.53. The fourth-order valence-corrected chi connectivity index (χ4v) is 1.89. The summed E-state index contributed by atoms with van der Waals surface area (Å²) in [5, 5.41) is 8.36. The molecule has 1 fully saturated rings. The van der Waals surface area contributed by atoms with Crippen LogP contribution in [0, 0.1) is 0 Å². The molecule has 1 unspecified atom stereocenters. The number of likely N-dealkylation sites (tertiary alicyclic amines) is 1. The molecule has 1 heterocycles. The van der Waals surface area contributed by atoms with Crippen molar-refractivity contribution in [3.8, 4) is 0 Å². The summed E-state index contributed by atoms with van der Waals surface area (Å²) in [5.41, 5.74) is -0.854. The Balaban J connectivity index is 2.62. The molecular formula is C8H15NO4S. The minimum Gasteiger partial charge on any atom is -0.386 e. The van der Waals surface area contributed by atoms with Crippen molar-refractivity contribution in [2.24, 2.45) is 0 Å². The predicted octanol–water partition coefficient (Wildman–Crippen LogP) is -0.987. The number of hydrogen-bond acceptors (Lipinski definition) is 4. The highest BCUT2D eigenvalue weighted by molar-refractivity contribution is 7.92. The Bertz CT molecular complexity index is 338. The Morgan fingerprint density at radius 2 is 1.93 bits per heavy atom. The first-order valence-electron chi connectivity index (χ1n) is 4.33. The van der Waals surface area contributed by atoms with E-state index in [1.807, 2.05) is 0 Å². The molecule has 0 aromatic carbocycles. The van der Waals surface area contributed by atoms with E-state index in [-0.39, 0.29) is 13.1 Å². The first kappa shape index (κ1) is 11.5. The lowest BCUT2D eigenvalue weighted by molar-refractivity contribution is -0.151. The summed E-state index contributed by atoms with van der Waals surface area (Å²) in [5.74, 6) is -0.431. The molecule has 1 aliphatic rings. The molecule has 0 aliphatic carbocycles. The topological polar surface area (TPSA) is 74.7 Å². The molecular weight excluding hydrogens is 206 g/mol. The lowest BCUT2D eigenvalue weighted by atomic mass is 9.97. The van der Waals surface area contributed by atoms with E-state index in [1.54, 1.807) is 6.92 Å². The van der Waals surface area contributed by atoms with Gasteiger partial charge in [-0.05, 0) is 13.8 Å². The van der Waals surface area contributed by atoms with Crippen LogP contribution in [0.15, 0.2) is 0 Å². The molecule has 1 N–H and O–H groups in total. The van der Waals surface area contributed by atoms with Crippen LogP contribution in [0.2, 0.25) is 0 Å². The van der Waals surface area contributed by atoms with E-state index in [2.05, 4.69) is 0 Å². The van der Waals surface area contributed by atoms with Crippen molar-refractivity contribution in [1.29, 1.82) is 0 Å². The molecule has 0 radical (unpaired) electrons. The Morgan fingerprint density at radius 1 is 1.50 bits per heavy atom. The summed E-state index contributed by atoms with van der Waals surface area (Å²) >= 11 is 0. The van der Waals surface area contributed by atoms with Crippen LogP contribution in [-0.4, -0.2) is 54.5 Å². The van der Waals surface area contributed by atoms with Crippen LogP contribution in [0.1, 0.15) is 13.8 Å². The molecule has 5 nitrogen and oxygen atoms in total. The molecule has 0 saturated carbocycles. The lowest BCUT2D eigenvalue weighted by Gasteiger charge is -2.44. The summed E-state index contributed by atoms with van der Waals surface area (Å²) in [6.45, 7) is 3.41. The molecule has 0 spiro atoms. The van der Waals surface area contributed by atoms with Crippen molar-refractivity contribution in [1.82, 2.24) is 4.90 Å². The van der Waals surface area contributed by atoms with Gasteiger partial charge in [-0.1, -0.05) is 0 Å². The molecule has 0 aromatic heterocycles. The third kappa shape index (κ3) is 2.24. The average molecular weight is 221 g/mol. The quantitative estimate of drug-likeness (QED) is 0.650. The van der Waals surface area contributed by atoms with Gasteiger partial charge >= 0.3 is 0 Å². The van der Waals surface area contributed by atoms with Gasteiger partial charge in [0.2, 0.25) is 5.91 Å². The van der Waals surface area contributed by atoms with Gasteiger partial charge in [0, 0.05) is 6.26 Å². The van der Waals surface area contributed by atoms with Crippen LogP contribution in [0.4, 0.5) is 0 Å². The van der Waals surface area contributed by atoms with Crippen LogP contribution in [0.25, 0.3) is 0 Å². The van der Waals surface area contributed by atoms with Crippen LogP contribution in [-0.2, 0) is 14.6 Å². The number of carbonyl (C=O) groups excluding carboxylic acids is 1. The molecule has 0 aromatic rings. The van der Waals surface area contributed by atoms with Gasteiger partial charge in [-0.25, -0.2) is 8.42 Å². The molecule has 1 rings (SSSR count). The van der Waals surface area contributed by atoms with Crippen LogP contribution >= 0.6 is 0 Å². The number of hydrogen-bond donors (Lipinski definition) is 1. The molecule has 1 atom stereocenters. The average Bonchev–Trinajstić information content (AvgIpc) is 1.95. The maximum atomic E-state index is 11.5. The molecule has 1 aliphatic heterocycles. The van der Waals surface area contributed by atoms with Gasteiger partial charge in [0.25, 0.3) is 0 Å². The molecule has 6 heteroatoms. The van der Waals surface area contributed by atoms with Gasteiger partial charge in [0.05, 0.1) is 18.7 Å². The summed E-state index contributed by atoms with van der Waals surface area (Å²) < 4.78 is 22.1. The van der Waals surface area contributed by atoms with Crippen LogP contribution in [0.5, 0.6) is 0 Å².